The van der Waals surface area contributed by atoms with Crippen LogP contribution in [-0.4, -0.2) is 33.3 Å². The first-order valence-corrected chi connectivity index (χ1v) is 11.3. The van der Waals surface area contributed by atoms with Crippen LogP contribution in [0.3, 0.4) is 0 Å². The van der Waals surface area contributed by atoms with Gasteiger partial charge in [0.25, 0.3) is 11.6 Å². The van der Waals surface area contributed by atoms with Crippen molar-refractivity contribution >= 4 is 28.9 Å². The number of carbonyl (C=O) groups excluding carboxylic acids is 1. The van der Waals surface area contributed by atoms with E-state index in [0.29, 0.717) is 29.2 Å². The molecule has 2 heterocycles. The van der Waals surface area contributed by atoms with Crippen LogP contribution in [0.2, 0.25) is 5.02 Å². The van der Waals surface area contributed by atoms with Crippen molar-refractivity contribution in [2.75, 3.05) is 11.9 Å². The number of nitro groups is 1. The normalized spacial score (nSPS) is 16.4. The maximum atomic E-state index is 13.3. The number of nitrogens with zero attached hydrogens (tertiary/aromatic N) is 3. The minimum absolute atomic E-state index is 0.0124. The third-order valence-electron chi connectivity index (χ3n) is 6.00. The van der Waals surface area contributed by atoms with Gasteiger partial charge in [0, 0.05) is 35.4 Å². The molecule has 170 valence electrons. The highest BCUT2D eigenvalue weighted by Crippen LogP contribution is 2.31. The Morgan fingerprint density at radius 2 is 2.03 bits per heavy atom. The fourth-order valence-corrected chi connectivity index (χ4v) is 4.49. The Balaban J connectivity index is 1.54. The maximum Gasteiger partial charge on any atom is 0.293 e. The van der Waals surface area contributed by atoms with E-state index in [1.807, 2.05) is 54.3 Å². The monoisotopic (exact) mass is 464 g/mol. The van der Waals surface area contributed by atoms with E-state index >= 15 is 0 Å². The molecule has 7 nitrogen and oxygen atoms in total. The smallest absolute Gasteiger partial charge is 0.293 e. The lowest BCUT2D eigenvalue weighted by Gasteiger charge is -2.25. The van der Waals surface area contributed by atoms with Gasteiger partial charge in [-0.2, -0.15) is 0 Å². The second-order valence-electron chi connectivity index (χ2n) is 8.20. The topological polar surface area (TPSA) is 88.4 Å². The van der Waals surface area contributed by atoms with Gasteiger partial charge >= 0.3 is 0 Å². The standard InChI is InChI=1S/C25H25ClN4O3/c1-17(22-10-4-5-13-27-22)28-23-12-11-19(16-24(23)30(32)33)25(31)29-14-6-8-20(29)15-18-7-2-3-9-21(18)26/h2-5,7,9-13,16-17,20,28H,6,8,14-15H2,1H3. The van der Waals surface area contributed by atoms with Gasteiger partial charge in [-0.3, -0.25) is 19.9 Å². The van der Waals surface area contributed by atoms with Crippen molar-refractivity contribution < 1.29 is 9.72 Å². The number of pyridine rings is 1. The van der Waals surface area contributed by atoms with Crippen LogP contribution in [0.1, 0.15) is 47.4 Å². The van der Waals surface area contributed by atoms with E-state index in [9.17, 15) is 14.9 Å². The van der Waals surface area contributed by atoms with Crippen LogP contribution in [-0.2, 0) is 6.42 Å². The van der Waals surface area contributed by atoms with Crippen molar-refractivity contribution in [3.8, 4) is 0 Å². The highest BCUT2D eigenvalue weighted by molar-refractivity contribution is 6.31. The zero-order valence-electron chi connectivity index (χ0n) is 18.3. The Bertz CT molecular complexity index is 1160. The number of carbonyl (C=O) groups is 1. The summed E-state index contributed by atoms with van der Waals surface area (Å²) in [5.74, 6) is -0.197. The highest BCUT2D eigenvalue weighted by Gasteiger charge is 2.31. The van der Waals surface area contributed by atoms with Gasteiger partial charge in [0.1, 0.15) is 5.69 Å². The summed E-state index contributed by atoms with van der Waals surface area (Å²) in [5.41, 5.74) is 2.29. The number of amides is 1. The van der Waals surface area contributed by atoms with E-state index in [2.05, 4.69) is 10.3 Å². The van der Waals surface area contributed by atoms with Crippen molar-refractivity contribution in [1.29, 1.82) is 0 Å². The predicted octanol–water partition coefficient (Wildman–Crippen LogP) is 5.66. The Kier molecular flexibility index (Phi) is 6.89. The molecule has 2 aromatic carbocycles. The van der Waals surface area contributed by atoms with Crippen molar-refractivity contribution in [2.24, 2.45) is 0 Å². The first kappa shape index (κ1) is 22.7. The number of nitrogens with one attached hydrogen (secondary N) is 1. The Hall–Kier alpha value is -3.45. The SMILES string of the molecule is CC(Nc1ccc(C(=O)N2CCCC2Cc2ccccc2Cl)cc1[N+](=O)[O-])c1ccccn1. The van der Waals surface area contributed by atoms with Crippen molar-refractivity contribution in [2.45, 2.75) is 38.3 Å². The van der Waals surface area contributed by atoms with Crippen LogP contribution >= 0.6 is 11.6 Å². The zero-order chi connectivity index (χ0) is 23.4. The van der Waals surface area contributed by atoms with Crippen molar-refractivity contribution in [1.82, 2.24) is 9.88 Å². The Labute approximate surface area is 197 Å². The summed E-state index contributed by atoms with van der Waals surface area (Å²) in [5, 5.41) is 15.6. The average molecular weight is 465 g/mol. The van der Waals surface area contributed by atoms with Gasteiger partial charge in [-0.05, 0) is 62.1 Å². The van der Waals surface area contributed by atoms with Crippen molar-refractivity contribution in [3.05, 3.63) is 98.8 Å². The largest absolute Gasteiger partial charge is 0.371 e. The van der Waals surface area contributed by atoms with Crippen molar-refractivity contribution in [3.63, 3.8) is 0 Å². The second kappa shape index (κ2) is 10.0. The molecule has 33 heavy (non-hydrogen) atoms. The number of anilines is 1. The van der Waals surface area contributed by atoms with E-state index in [4.69, 9.17) is 11.6 Å². The third-order valence-corrected chi connectivity index (χ3v) is 6.36. The summed E-state index contributed by atoms with van der Waals surface area (Å²) >= 11 is 6.32. The van der Waals surface area contributed by atoms with Gasteiger partial charge in [0.2, 0.25) is 0 Å². The van der Waals surface area contributed by atoms with Gasteiger partial charge in [-0.25, -0.2) is 0 Å². The van der Waals surface area contributed by atoms with E-state index in [0.717, 1.165) is 24.1 Å². The van der Waals surface area contributed by atoms with Crippen LogP contribution < -0.4 is 5.32 Å². The van der Waals surface area contributed by atoms with Crippen LogP contribution in [0.15, 0.2) is 66.9 Å². The van der Waals surface area contributed by atoms with E-state index in [1.54, 1.807) is 18.3 Å². The zero-order valence-corrected chi connectivity index (χ0v) is 19.0. The van der Waals surface area contributed by atoms with E-state index < -0.39 is 4.92 Å². The molecule has 1 N–H and O–H groups in total. The summed E-state index contributed by atoms with van der Waals surface area (Å²) in [6, 6.07) is 17.6. The molecule has 1 saturated heterocycles. The highest BCUT2D eigenvalue weighted by atomic mass is 35.5. The number of aromatic nitrogens is 1. The number of likely N-dealkylation sites (tertiary alicyclic amines) is 1. The molecule has 1 amide bonds. The molecule has 0 saturated carbocycles. The van der Waals surface area contributed by atoms with Gasteiger partial charge in [-0.15, -0.1) is 0 Å². The molecule has 2 atom stereocenters. The Morgan fingerprint density at radius 3 is 2.76 bits per heavy atom. The van der Waals surface area contributed by atoms with Crippen LogP contribution in [0.4, 0.5) is 11.4 Å². The van der Waals surface area contributed by atoms with Crippen LogP contribution in [0, 0.1) is 10.1 Å². The summed E-state index contributed by atoms with van der Waals surface area (Å²) in [6.07, 6.45) is 4.11. The summed E-state index contributed by atoms with van der Waals surface area (Å²) < 4.78 is 0. The molecular formula is C25H25ClN4O3. The molecule has 1 fully saturated rings. The van der Waals surface area contributed by atoms with Gasteiger partial charge < -0.3 is 10.2 Å². The molecule has 1 aromatic heterocycles. The lowest BCUT2D eigenvalue weighted by Crippen LogP contribution is -2.36. The fraction of sp³-hybridized carbons (Fsp3) is 0.280. The summed E-state index contributed by atoms with van der Waals surface area (Å²) in [4.78, 5) is 30.7. The molecule has 0 aliphatic carbocycles. The number of benzene rings is 2. The molecule has 0 bridgehead atoms. The molecule has 0 spiro atoms. The molecular weight excluding hydrogens is 440 g/mol. The van der Waals surface area contributed by atoms with Gasteiger partial charge in [-0.1, -0.05) is 35.9 Å². The van der Waals surface area contributed by atoms with Gasteiger partial charge in [0.15, 0.2) is 0 Å². The quantitative estimate of drug-likeness (QED) is 0.360. The number of hydrogen-bond donors (Lipinski definition) is 1. The summed E-state index contributed by atoms with van der Waals surface area (Å²) in [6.45, 7) is 2.51. The molecule has 0 radical (unpaired) electrons. The first-order chi connectivity index (χ1) is 15.9. The van der Waals surface area contributed by atoms with E-state index in [1.165, 1.54) is 6.07 Å². The van der Waals surface area contributed by atoms with Crippen LogP contribution in [0.5, 0.6) is 0 Å². The fourth-order valence-electron chi connectivity index (χ4n) is 4.28. The minimum atomic E-state index is -0.463. The maximum absolute atomic E-state index is 13.3. The van der Waals surface area contributed by atoms with Crippen LogP contribution in [0.25, 0.3) is 0 Å². The molecule has 4 rings (SSSR count). The number of halogens is 1. The number of nitro benzene ring substituents is 1. The Morgan fingerprint density at radius 1 is 1.24 bits per heavy atom. The third kappa shape index (κ3) is 5.14. The second-order valence-corrected chi connectivity index (χ2v) is 8.61. The van der Waals surface area contributed by atoms with E-state index in [-0.39, 0.29) is 23.7 Å². The molecule has 2 unspecified atom stereocenters. The predicted molar refractivity (Wildman–Crippen MR) is 129 cm³/mol. The molecule has 1 aliphatic heterocycles. The molecule has 1 aliphatic rings. The molecule has 8 heteroatoms. The summed E-state index contributed by atoms with van der Waals surface area (Å²) in [7, 11) is 0. The number of hydrogen-bond acceptors (Lipinski definition) is 5. The lowest BCUT2D eigenvalue weighted by molar-refractivity contribution is -0.384. The van der Waals surface area contributed by atoms with Gasteiger partial charge in [0.05, 0.1) is 16.7 Å². The lowest BCUT2D eigenvalue weighted by atomic mass is 10.0. The first-order valence-electron chi connectivity index (χ1n) is 10.9. The average Bonchev–Trinajstić information content (AvgIpc) is 3.29. The number of rotatable bonds is 7. The molecule has 3 aromatic rings. The minimum Gasteiger partial charge on any atom is -0.371 e.